The van der Waals surface area contributed by atoms with Gasteiger partial charge in [-0.05, 0) is 66.6 Å². The van der Waals surface area contributed by atoms with Crippen LogP contribution < -0.4 is 5.32 Å². The zero-order chi connectivity index (χ0) is 25.8. The van der Waals surface area contributed by atoms with Crippen LogP contribution in [-0.4, -0.2) is 34.8 Å². The molecule has 2 amide bonds. The minimum absolute atomic E-state index is 0.00255. The molecule has 1 aliphatic heterocycles. The van der Waals surface area contributed by atoms with Gasteiger partial charge in [0.2, 0.25) is 11.8 Å². The second kappa shape index (κ2) is 11.0. The van der Waals surface area contributed by atoms with Gasteiger partial charge in [-0.25, -0.2) is 4.98 Å². The third-order valence-electron chi connectivity index (χ3n) is 7.50. The van der Waals surface area contributed by atoms with Gasteiger partial charge in [-0.3, -0.25) is 9.59 Å². The lowest BCUT2D eigenvalue weighted by Gasteiger charge is -2.34. The van der Waals surface area contributed by atoms with Gasteiger partial charge in [-0.2, -0.15) is 0 Å². The number of fused-ring (bicyclic) bond motifs is 1. The zero-order valence-electron chi connectivity index (χ0n) is 21.4. The number of piperidine rings is 1. The summed E-state index contributed by atoms with van der Waals surface area (Å²) in [5, 5.41) is 3.09. The van der Waals surface area contributed by atoms with E-state index in [0.717, 1.165) is 30.4 Å². The molecule has 0 unspecified atom stereocenters. The Labute approximate surface area is 217 Å². The standard InChI is InChI=1S/C31H33N3O3/c1-3-22-9-11-23(12-10-22)20-32-29(35)21(2)24-15-17-34(18-16-24)31(36)26-13-14-28-27(19-26)33-30(37-28)25-7-5-4-6-8-25/h4-14,19,21,24H,3,15-18,20H2,1-2H3,(H,32,35)/t21-/m1/s1. The fourth-order valence-corrected chi connectivity index (χ4v) is 5.01. The second-order valence-corrected chi connectivity index (χ2v) is 9.87. The molecule has 0 spiro atoms. The van der Waals surface area contributed by atoms with E-state index in [4.69, 9.17) is 4.42 Å². The van der Waals surface area contributed by atoms with Crippen LogP contribution >= 0.6 is 0 Å². The van der Waals surface area contributed by atoms with Crippen molar-refractivity contribution in [2.75, 3.05) is 13.1 Å². The normalized spacial score (nSPS) is 15.0. The Hall–Kier alpha value is -3.93. The number of rotatable bonds is 7. The highest BCUT2D eigenvalue weighted by atomic mass is 16.3. The summed E-state index contributed by atoms with van der Waals surface area (Å²) < 4.78 is 5.88. The Morgan fingerprint density at radius 2 is 1.70 bits per heavy atom. The van der Waals surface area contributed by atoms with Crippen LogP contribution in [0.4, 0.5) is 0 Å². The van der Waals surface area contributed by atoms with Crippen LogP contribution in [0.2, 0.25) is 0 Å². The average Bonchev–Trinajstić information content (AvgIpc) is 3.39. The highest BCUT2D eigenvalue weighted by Gasteiger charge is 2.30. The molecule has 1 atom stereocenters. The lowest BCUT2D eigenvalue weighted by atomic mass is 9.84. The van der Waals surface area contributed by atoms with Crippen LogP contribution in [0.1, 0.15) is 48.2 Å². The van der Waals surface area contributed by atoms with E-state index < -0.39 is 0 Å². The van der Waals surface area contributed by atoms with Gasteiger partial charge in [0.15, 0.2) is 5.58 Å². The van der Waals surface area contributed by atoms with Gasteiger partial charge in [0.1, 0.15) is 5.52 Å². The van der Waals surface area contributed by atoms with Crippen LogP contribution in [0, 0.1) is 11.8 Å². The van der Waals surface area contributed by atoms with E-state index in [0.29, 0.717) is 42.2 Å². The predicted molar refractivity (Wildman–Crippen MR) is 145 cm³/mol. The van der Waals surface area contributed by atoms with Gasteiger partial charge in [0.05, 0.1) is 0 Å². The Morgan fingerprint density at radius 3 is 2.41 bits per heavy atom. The first-order valence-corrected chi connectivity index (χ1v) is 13.1. The molecule has 1 fully saturated rings. The number of oxazole rings is 1. The maximum absolute atomic E-state index is 13.2. The van der Waals surface area contributed by atoms with E-state index >= 15 is 0 Å². The predicted octanol–water partition coefficient (Wildman–Crippen LogP) is 5.86. The van der Waals surface area contributed by atoms with Gasteiger partial charge < -0.3 is 14.6 Å². The second-order valence-electron chi connectivity index (χ2n) is 9.87. The average molecular weight is 496 g/mol. The molecule has 6 nitrogen and oxygen atoms in total. The quantitative estimate of drug-likeness (QED) is 0.348. The third kappa shape index (κ3) is 5.58. The first-order chi connectivity index (χ1) is 18.0. The summed E-state index contributed by atoms with van der Waals surface area (Å²) in [7, 11) is 0. The number of carbonyl (C=O) groups excluding carboxylic acids is 2. The lowest BCUT2D eigenvalue weighted by Crippen LogP contribution is -2.42. The molecule has 0 saturated carbocycles. The van der Waals surface area contributed by atoms with Crippen molar-refractivity contribution in [1.29, 1.82) is 0 Å². The molecular formula is C31H33N3O3. The van der Waals surface area contributed by atoms with Crippen molar-refractivity contribution in [1.82, 2.24) is 15.2 Å². The smallest absolute Gasteiger partial charge is 0.253 e. The van der Waals surface area contributed by atoms with Gasteiger partial charge in [-0.15, -0.1) is 0 Å². The lowest BCUT2D eigenvalue weighted by molar-refractivity contribution is -0.126. The summed E-state index contributed by atoms with van der Waals surface area (Å²) in [6.45, 7) is 5.97. The molecule has 1 aliphatic rings. The summed E-state index contributed by atoms with van der Waals surface area (Å²) in [6, 6.07) is 23.5. The Kier molecular flexibility index (Phi) is 7.35. The molecule has 0 aliphatic carbocycles. The molecule has 2 heterocycles. The number of hydrogen-bond acceptors (Lipinski definition) is 4. The molecular weight excluding hydrogens is 462 g/mol. The number of nitrogens with one attached hydrogen (secondary N) is 1. The van der Waals surface area contributed by atoms with E-state index in [9.17, 15) is 9.59 Å². The monoisotopic (exact) mass is 495 g/mol. The van der Waals surface area contributed by atoms with Crippen LogP contribution in [0.5, 0.6) is 0 Å². The van der Waals surface area contributed by atoms with Crippen LogP contribution in [0.15, 0.2) is 77.2 Å². The Balaban J connectivity index is 1.16. The van der Waals surface area contributed by atoms with E-state index in [1.54, 1.807) is 6.07 Å². The largest absolute Gasteiger partial charge is 0.436 e. The molecule has 6 heteroatoms. The minimum atomic E-state index is -0.0879. The van der Waals surface area contributed by atoms with Gasteiger partial charge in [0.25, 0.3) is 5.91 Å². The third-order valence-corrected chi connectivity index (χ3v) is 7.50. The Bertz CT molecular complexity index is 1370. The maximum atomic E-state index is 13.2. The highest BCUT2D eigenvalue weighted by molar-refractivity contribution is 5.97. The number of aromatic nitrogens is 1. The zero-order valence-corrected chi connectivity index (χ0v) is 21.4. The fourth-order valence-electron chi connectivity index (χ4n) is 5.01. The van der Waals surface area contributed by atoms with Gasteiger partial charge in [0, 0.05) is 36.7 Å². The minimum Gasteiger partial charge on any atom is -0.436 e. The molecule has 3 aromatic carbocycles. The molecule has 1 N–H and O–H groups in total. The molecule has 1 aromatic heterocycles. The van der Waals surface area contributed by atoms with Crippen LogP contribution in [0.3, 0.4) is 0 Å². The number of aryl methyl sites for hydroxylation is 1. The molecule has 0 radical (unpaired) electrons. The molecule has 0 bridgehead atoms. The first-order valence-electron chi connectivity index (χ1n) is 13.1. The Morgan fingerprint density at radius 1 is 1.00 bits per heavy atom. The maximum Gasteiger partial charge on any atom is 0.253 e. The number of likely N-dealkylation sites (tertiary alicyclic amines) is 1. The number of hydrogen-bond donors (Lipinski definition) is 1. The van der Waals surface area contributed by atoms with Crippen molar-refractivity contribution < 1.29 is 14.0 Å². The van der Waals surface area contributed by atoms with Crippen molar-refractivity contribution in [2.45, 2.75) is 39.7 Å². The van der Waals surface area contributed by atoms with Crippen LogP contribution in [0.25, 0.3) is 22.6 Å². The number of nitrogens with zero attached hydrogens (tertiary/aromatic N) is 2. The van der Waals surface area contributed by atoms with Crippen LogP contribution in [-0.2, 0) is 17.8 Å². The summed E-state index contributed by atoms with van der Waals surface area (Å²) in [4.78, 5) is 32.5. The van der Waals surface area contributed by atoms with E-state index in [1.807, 2.05) is 54.3 Å². The van der Waals surface area contributed by atoms with Crippen molar-refractivity contribution in [2.24, 2.45) is 11.8 Å². The number of benzene rings is 3. The van der Waals surface area contributed by atoms with E-state index in [2.05, 4.69) is 41.5 Å². The summed E-state index contributed by atoms with van der Waals surface area (Å²) in [5.74, 6) is 0.798. The molecule has 1 saturated heterocycles. The SMILES string of the molecule is CCc1ccc(CNC(=O)[C@H](C)C2CCN(C(=O)c3ccc4oc(-c5ccccc5)nc4c3)CC2)cc1. The van der Waals surface area contributed by atoms with Gasteiger partial charge >= 0.3 is 0 Å². The first kappa shape index (κ1) is 24.8. The van der Waals surface area contributed by atoms with Crippen molar-refractivity contribution in [3.8, 4) is 11.5 Å². The van der Waals surface area contributed by atoms with E-state index in [1.165, 1.54) is 5.56 Å². The molecule has 5 rings (SSSR count). The summed E-state index contributed by atoms with van der Waals surface area (Å²) in [6.07, 6.45) is 2.64. The topological polar surface area (TPSA) is 75.4 Å². The van der Waals surface area contributed by atoms with Crippen molar-refractivity contribution >= 4 is 22.9 Å². The molecule has 37 heavy (non-hydrogen) atoms. The fraction of sp³-hybridized carbons (Fsp3) is 0.323. The highest BCUT2D eigenvalue weighted by Crippen LogP contribution is 2.28. The summed E-state index contributed by atoms with van der Waals surface area (Å²) >= 11 is 0. The summed E-state index contributed by atoms with van der Waals surface area (Å²) in [5.41, 5.74) is 5.25. The van der Waals surface area contributed by atoms with E-state index in [-0.39, 0.29) is 23.7 Å². The number of amides is 2. The molecule has 4 aromatic rings. The number of carbonyl (C=O) groups is 2. The van der Waals surface area contributed by atoms with Crippen molar-refractivity contribution in [3.63, 3.8) is 0 Å². The van der Waals surface area contributed by atoms with Gasteiger partial charge in [-0.1, -0.05) is 56.3 Å². The van der Waals surface area contributed by atoms with Crippen molar-refractivity contribution in [3.05, 3.63) is 89.5 Å². The molecule has 190 valence electrons.